The van der Waals surface area contributed by atoms with Crippen LogP contribution >= 0.6 is 11.3 Å². The van der Waals surface area contributed by atoms with Crippen molar-refractivity contribution >= 4 is 75.3 Å². The van der Waals surface area contributed by atoms with Crippen LogP contribution in [0.4, 0.5) is 0 Å². The van der Waals surface area contributed by atoms with Crippen molar-refractivity contribution in [3.8, 4) is 62.1 Å². The molecule has 6 heteroatoms. The molecule has 0 N–H and O–H groups in total. The molecular weight excluding hydrogens is 789 g/mol. The molecule has 0 radical (unpaired) electrons. The number of nitrogens with zero attached hydrogens (tertiary/aromatic N) is 4. The predicted octanol–water partition coefficient (Wildman–Crippen LogP) is 15.6. The number of hydrogen-bond donors (Lipinski definition) is 0. The molecular formula is C57H34N4OS. The number of aromatic nitrogens is 4. The van der Waals surface area contributed by atoms with Gasteiger partial charge in [0.05, 0.1) is 16.4 Å². The van der Waals surface area contributed by atoms with E-state index in [2.05, 4.69) is 144 Å². The SMILES string of the molecule is c1ccc(-c2ccc3c4c5oc6ccccc6c5ccc4n(-c4cc(-c5cccc(-c6nc(-c7ccccc7)nc(-c7ccccc7)n6)c5)c5sc6ccccc6c5c4)c3c2)cc1. The second-order valence-corrected chi connectivity index (χ2v) is 17.0. The Morgan fingerprint density at radius 3 is 1.73 bits per heavy atom. The molecule has 13 rings (SSSR count). The van der Waals surface area contributed by atoms with Gasteiger partial charge in [0.1, 0.15) is 11.2 Å². The van der Waals surface area contributed by atoms with E-state index in [0.29, 0.717) is 17.5 Å². The zero-order valence-electron chi connectivity index (χ0n) is 33.7. The number of thiophene rings is 1. The summed E-state index contributed by atoms with van der Waals surface area (Å²) in [4.78, 5) is 15.2. The highest BCUT2D eigenvalue weighted by Crippen LogP contribution is 2.46. The Kier molecular flexibility index (Phi) is 8.01. The van der Waals surface area contributed by atoms with Crippen LogP contribution < -0.4 is 0 Å². The smallest absolute Gasteiger partial charge is 0.164 e. The third-order valence-electron chi connectivity index (χ3n) is 12.2. The van der Waals surface area contributed by atoms with E-state index in [1.165, 1.54) is 25.7 Å². The van der Waals surface area contributed by atoms with Crippen LogP contribution in [-0.2, 0) is 0 Å². The molecule has 4 aromatic heterocycles. The van der Waals surface area contributed by atoms with Crippen LogP contribution in [0.15, 0.2) is 211 Å². The van der Waals surface area contributed by atoms with Crippen LogP contribution in [0.25, 0.3) is 126 Å². The fourth-order valence-corrected chi connectivity index (χ4v) is 10.5. The topological polar surface area (TPSA) is 56.7 Å². The maximum Gasteiger partial charge on any atom is 0.164 e. The van der Waals surface area contributed by atoms with Crippen LogP contribution in [0.1, 0.15) is 0 Å². The number of para-hydroxylation sites is 1. The summed E-state index contributed by atoms with van der Waals surface area (Å²) in [7, 11) is 0. The Balaban J connectivity index is 1.07. The van der Waals surface area contributed by atoms with Crippen molar-refractivity contribution in [1.29, 1.82) is 0 Å². The third-order valence-corrected chi connectivity index (χ3v) is 13.5. The molecule has 4 heterocycles. The van der Waals surface area contributed by atoms with Gasteiger partial charge in [-0.15, -0.1) is 11.3 Å². The summed E-state index contributed by atoms with van der Waals surface area (Å²) in [6.07, 6.45) is 0. The van der Waals surface area contributed by atoms with Gasteiger partial charge in [-0.25, -0.2) is 15.0 Å². The molecule has 0 aliphatic rings. The molecule has 0 amide bonds. The van der Waals surface area contributed by atoms with Crippen molar-refractivity contribution in [2.24, 2.45) is 0 Å². The first kappa shape index (κ1) is 35.6. The quantitative estimate of drug-likeness (QED) is 0.168. The predicted molar refractivity (Wildman–Crippen MR) is 262 cm³/mol. The van der Waals surface area contributed by atoms with E-state index in [9.17, 15) is 0 Å². The molecule has 9 aromatic carbocycles. The molecule has 0 unspecified atom stereocenters. The molecule has 0 atom stereocenters. The lowest BCUT2D eigenvalue weighted by molar-refractivity contribution is 0.673. The van der Waals surface area contributed by atoms with E-state index in [1.54, 1.807) is 0 Å². The standard InChI is InChI=1S/C57H34N4OS/c1-4-15-35(16-5-1)38-27-28-45-49(32-38)61(48-30-29-44-42-23-10-12-25-50(42)62-53(44)52(45)48)41-33-46(54-47(34-41)43-24-11-13-26-51(43)63-54)39-21-14-22-40(31-39)57-59-55(36-17-6-2-7-18-36)58-56(60-57)37-19-8-3-9-20-37/h1-34H. The van der Waals surface area contributed by atoms with Gasteiger partial charge >= 0.3 is 0 Å². The number of rotatable bonds is 6. The van der Waals surface area contributed by atoms with Crippen LogP contribution in [0.3, 0.4) is 0 Å². The Hall–Kier alpha value is -8.19. The minimum atomic E-state index is 0.624. The van der Waals surface area contributed by atoms with Crippen LogP contribution in [0.2, 0.25) is 0 Å². The van der Waals surface area contributed by atoms with Gasteiger partial charge in [-0.2, -0.15) is 0 Å². The third kappa shape index (κ3) is 5.80. The molecule has 0 fully saturated rings. The fourth-order valence-electron chi connectivity index (χ4n) is 9.29. The molecule has 294 valence electrons. The monoisotopic (exact) mass is 822 g/mol. The van der Waals surface area contributed by atoms with Crippen molar-refractivity contribution in [2.75, 3.05) is 0 Å². The average molecular weight is 823 g/mol. The van der Waals surface area contributed by atoms with E-state index >= 15 is 0 Å². The first-order valence-electron chi connectivity index (χ1n) is 21.1. The first-order chi connectivity index (χ1) is 31.2. The second kappa shape index (κ2) is 14.2. The highest BCUT2D eigenvalue weighted by molar-refractivity contribution is 7.26. The molecule has 0 spiro atoms. The maximum absolute atomic E-state index is 6.75. The lowest BCUT2D eigenvalue weighted by atomic mass is 9.99. The van der Waals surface area contributed by atoms with E-state index in [-0.39, 0.29) is 0 Å². The number of fused-ring (bicyclic) bond motifs is 10. The Labute approximate surface area is 365 Å². The van der Waals surface area contributed by atoms with Crippen LogP contribution in [0, 0.1) is 0 Å². The van der Waals surface area contributed by atoms with Gasteiger partial charge in [0.2, 0.25) is 0 Å². The molecule has 0 saturated carbocycles. The molecule has 0 bridgehead atoms. The Morgan fingerprint density at radius 1 is 0.381 bits per heavy atom. The van der Waals surface area contributed by atoms with Crippen molar-refractivity contribution < 1.29 is 4.42 Å². The lowest BCUT2D eigenvalue weighted by Gasteiger charge is -2.14. The van der Waals surface area contributed by atoms with Gasteiger partial charge in [0, 0.05) is 64.3 Å². The van der Waals surface area contributed by atoms with E-state index in [4.69, 9.17) is 19.4 Å². The summed E-state index contributed by atoms with van der Waals surface area (Å²) in [5.74, 6) is 1.90. The van der Waals surface area contributed by atoms with Gasteiger partial charge in [-0.3, -0.25) is 0 Å². The van der Waals surface area contributed by atoms with E-state index in [1.807, 2.05) is 78.1 Å². The van der Waals surface area contributed by atoms with Crippen molar-refractivity contribution in [3.63, 3.8) is 0 Å². The summed E-state index contributed by atoms with van der Waals surface area (Å²) >= 11 is 1.84. The fraction of sp³-hybridized carbons (Fsp3) is 0. The largest absolute Gasteiger partial charge is 0.455 e. The minimum Gasteiger partial charge on any atom is -0.455 e. The van der Waals surface area contributed by atoms with E-state index < -0.39 is 0 Å². The first-order valence-corrected chi connectivity index (χ1v) is 21.9. The summed E-state index contributed by atoms with van der Waals surface area (Å²) in [5, 5.41) is 6.94. The van der Waals surface area contributed by atoms with Gasteiger partial charge in [-0.1, -0.05) is 158 Å². The summed E-state index contributed by atoms with van der Waals surface area (Å²) in [5.41, 5.74) is 12.4. The lowest BCUT2D eigenvalue weighted by Crippen LogP contribution is -2.00. The van der Waals surface area contributed by atoms with Crippen molar-refractivity contribution in [3.05, 3.63) is 206 Å². The summed E-state index contributed by atoms with van der Waals surface area (Å²) in [6.45, 7) is 0. The molecule has 13 aromatic rings. The zero-order valence-corrected chi connectivity index (χ0v) is 34.6. The molecule has 0 aliphatic carbocycles. The van der Waals surface area contributed by atoms with Crippen LogP contribution in [-0.4, -0.2) is 19.5 Å². The number of hydrogen-bond acceptors (Lipinski definition) is 5. The van der Waals surface area contributed by atoms with Crippen molar-refractivity contribution in [2.45, 2.75) is 0 Å². The minimum absolute atomic E-state index is 0.624. The van der Waals surface area contributed by atoms with Crippen LogP contribution in [0.5, 0.6) is 0 Å². The van der Waals surface area contributed by atoms with Gasteiger partial charge in [0.15, 0.2) is 17.5 Å². The zero-order chi connectivity index (χ0) is 41.4. The summed E-state index contributed by atoms with van der Waals surface area (Å²) < 4.78 is 11.7. The van der Waals surface area contributed by atoms with Gasteiger partial charge in [0.25, 0.3) is 0 Å². The van der Waals surface area contributed by atoms with Crippen molar-refractivity contribution in [1.82, 2.24) is 19.5 Å². The Bertz CT molecular complexity index is 3850. The normalized spacial score (nSPS) is 11.8. The van der Waals surface area contributed by atoms with Gasteiger partial charge in [-0.05, 0) is 65.2 Å². The molecule has 0 aliphatic heterocycles. The number of furan rings is 1. The summed E-state index contributed by atoms with van der Waals surface area (Å²) in [6, 6.07) is 72.7. The second-order valence-electron chi connectivity index (χ2n) is 16.0. The molecule has 0 saturated heterocycles. The highest BCUT2D eigenvalue weighted by atomic mass is 32.1. The Morgan fingerprint density at radius 2 is 0.984 bits per heavy atom. The van der Waals surface area contributed by atoms with E-state index in [0.717, 1.165) is 82.8 Å². The average Bonchev–Trinajstić information content (AvgIpc) is 4.04. The highest BCUT2D eigenvalue weighted by Gasteiger charge is 2.22. The van der Waals surface area contributed by atoms with Gasteiger partial charge < -0.3 is 8.98 Å². The molecule has 5 nitrogen and oxygen atoms in total. The number of benzene rings is 9. The molecule has 63 heavy (non-hydrogen) atoms. The maximum atomic E-state index is 6.75.